The van der Waals surface area contributed by atoms with Gasteiger partial charge in [0.15, 0.2) is 0 Å². The van der Waals surface area contributed by atoms with Gasteiger partial charge in [0, 0.05) is 24.5 Å². The van der Waals surface area contributed by atoms with Gasteiger partial charge in [-0.3, -0.25) is 9.48 Å². The van der Waals surface area contributed by atoms with Crippen molar-refractivity contribution in [1.29, 1.82) is 0 Å². The Balaban J connectivity index is 1.95. The van der Waals surface area contributed by atoms with Crippen LogP contribution in [0.5, 0.6) is 0 Å². The van der Waals surface area contributed by atoms with Crippen LogP contribution in [0.15, 0.2) is 36.7 Å². The SMILES string of the molecule is Cc1ccc(NC(=O)CC(C)n2cccn2)cc1C. The molecular weight excluding hydrogens is 238 g/mol. The largest absolute Gasteiger partial charge is 0.326 e. The number of hydrogen-bond donors (Lipinski definition) is 1. The predicted octanol–water partition coefficient (Wildman–Crippen LogP) is 3.09. The summed E-state index contributed by atoms with van der Waals surface area (Å²) in [6, 6.07) is 7.85. The molecule has 0 aliphatic heterocycles. The second kappa shape index (κ2) is 5.69. The van der Waals surface area contributed by atoms with E-state index < -0.39 is 0 Å². The first-order chi connectivity index (χ1) is 9.06. The molecule has 0 aliphatic rings. The van der Waals surface area contributed by atoms with Gasteiger partial charge in [-0.2, -0.15) is 5.10 Å². The average Bonchev–Trinajstić information content (AvgIpc) is 2.87. The summed E-state index contributed by atoms with van der Waals surface area (Å²) in [7, 11) is 0. The Morgan fingerprint density at radius 3 is 2.79 bits per heavy atom. The van der Waals surface area contributed by atoms with Crippen molar-refractivity contribution >= 4 is 11.6 Å². The zero-order valence-electron chi connectivity index (χ0n) is 11.6. The Labute approximate surface area is 113 Å². The smallest absolute Gasteiger partial charge is 0.226 e. The quantitative estimate of drug-likeness (QED) is 0.915. The van der Waals surface area contributed by atoms with Crippen molar-refractivity contribution in [2.24, 2.45) is 0 Å². The lowest BCUT2D eigenvalue weighted by Crippen LogP contribution is -2.17. The molecule has 0 spiro atoms. The molecule has 1 atom stereocenters. The highest BCUT2D eigenvalue weighted by atomic mass is 16.1. The maximum absolute atomic E-state index is 12.0. The minimum Gasteiger partial charge on any atom is -0.326 e. The number of aromatic nitrogens is 2. The zero-order valence-corrected chi connectivity index (χ0v) is 11.6. The van der Waals surface area contributed by atoms with E-state index in [4.69, 9.17) is 0 Å². The van der Waals surface area contributed by atoms with Crippen LogP contribution in [0.2, 0.25) is 0 Å². The number of nitrogens with one attached hydrogen (secondary N) is 1. The molecule has 0 saturated heterocycles. The van der Waals surface area contributed by atoms with Gasteiger partial charge in [0.2, 0.25) is 5.91 Å². The average molecular weight is 257 g/mol. The van der Waals surface area contributed by atoms with Crippen LogP contribution >= 0.6 is 0 Å². The van der Waals surface area contributed by atoms with E-state index in [9.17, 15) is 4.79 Å². The molecule has 0 fully saturated rings. The first kappa shape index (κ1) is 13.3. The lowest BCUT2D eigenvalue weighted by molar-refractivity contribution is -0.116. The molecule has 0 aliphatic carbocycles. The molecule has 1 aromatic carbocycles. The molecule has 4 nitrogen and oxygen atoms in total. The van der Waals surface area contributed by atoms with Gasteiger partial charge < -0.3 is 5.32 Å². The maximum Gasteiger partial charge on any atom is 0.226 e. The number of rotatable bonds is 4. The number of nitrogens with zero attached hydrogens (tertiary/aromatic N) is 2. The highest BCUT2D eigenvalue weighted by Gasteiger charge is 2.11. The van der Waals surface area contributed by atoms with Gasteiger partial charge in [-0.25, -0.2) is 0 Å². The highest BCUT2D eigenvalue weighted by Crippen LogP contribution is 2.16. The van der Waals surface area contributed by atoms with Crippen LogP contribution in [0.4, 0.5) is 5.69 Å². The van der Waals surface area contributed by atoms with E-state index in [0.29, 0.717) is 6.42 Å². The van der Waals surface area contributed by atoms with Gasteiger partial charge in [-0.05, 0) is 50.1 Å². The van der Waals surface area contributed by atoms with Crippen molar-refractivity contribution in [2.45, 2.75) is 33.2 Å². The van der Waals surface area contributed by atoms with Crippen LogP contribution in [-0.2, 0) is 4.79 Å². The molecule has 1 N–H and O–H groups in total. The molecule has 0 bridgehead atoms. The third-order valence-corrected chi connectivity index (χ3v) is 3.25. The molecule has 1 unspecified atom stereocenters. The number of hydrogen-bond acceptors (Lipinski definition) is 2. The van der Waals surface area contributed by atoms with Crippen LogP contribution in [0.1, 0.15) is 30.5 Å². The summed E-state index contributed by atoms with van der Waals surface area (Å²) in [5.74, 6) is 0.00579. The number of anilines is 1. The van der Waals surface area contributed by atoms with Crippen LogP contribution in [0, 0.1) is 13.8 Å². The van der Waals surface area contributed by atoms with Gasteiger partial charge in [0.1, 0.15) is 0 Å². The molecule has 100 valence electrons. The van der Waals surface area contributed by atoms with Gasteiger partial charge in [0.05, 0.1) is 6.04 Å². The summed E-state index contributed by atoms with van der Waals surface area (Å²) in [6.07, 6.45) is 4.00. The van der Waals surface area contributed by atoms with E-state index in [0.717, 1.165) is 5.69 Å². The van der Waals surface area contributed by atoms with E-state index in [-0.39, 0.29) is 11.9 Å². The Bertz CT molecular complexity index is 561. The second-order valence-corrected chi connectivity index (χ2v) is 4.89. The fourth-order valence-electron chi connectivity index (χ4n) is 1.93. The summed E-state index contributed by atoms with van der Waals surface area (Å²) in [5, 5.41) is 7.06. The maximum atomic E-state index is 12.0. The number of amides is 1. The van der Waals surface area contributed by atoms with Crippen LogP contribution in [-0.4, -0.2) is 15.7 Å². The highest BCUT2D eigenvalue weighted by molar-refractivity contribution is 5.91. The summed E-state index contributed by atoms with van der Waals surface area (Å²) in [5.41, 5.74) is 3.25. The standard InChI is InChI=1S/C15H19N3O/c1-11-5-6-14(9-12(11)2)17-15(19)10-13(3)18-8-4-7-16-18/h4-9,13H,10H2,1-3H3,(H,17,19). The summed E-state index contributed by atoms with van der Waals surface area (Å²) >= 11 is 0. The molecular formula is C15H19N3O. The molecule has 1 amide bonds. The van der Waals surface area contributed by atoms with Crippen molar-refractivity contribution in [3.8, 4) is 0 Å². The molecule has 2 rings (SSSR count). The number of carbonyl (C=O) groups is 1. The molecule has 0 radical (unpaired) electrons. The van der Waals surface area contributed by atoms with E-state index in [1.807, 2.05) is 44.3 Å². The van der Waals surface area contributed by atoms with Crippen molar-refractivity contribution < 1.29 is 4.79 Å². The molecule has 1 aromatic heterocycles. The fourth-order valence-corrected chi connectivity index (χ4v) is 1.93. The molecule has 19 heavy (non-hydrogen) atoms. The van der Waals surface area contributed by atoms with Crippen LogP contribution in [0.3, 0.4) is 0 Å². The molecule has 1 heterocycles. The van der Waals surface area contributed by atoms with Crippen molar-refractivity contribution in [3.63, 3.8) is 0 Å². The van der Waals surface area contributed by atoms with E-state index in [1.165, 1.54) is 11.1 Å². The van der Waals surface area contributed by atoms with Gasteiger partial charge in [-0.15, -0.1) is 0 Å². The summed E-state index contributed by atoms with van der Waals surface area (Å²) < 4.78 is 1.79. The van der Waals surface area contributed by atoms with Crippen molar-refractivity contribution in [3.05, 3.63) is 47.8 Å². The minimum atomic E-state index is 0.00579. The Hall–Kier alpha value is -2.10. The Kier molecular flexibility index (Phi) is 4.00. The third-order valence-electron chi connectivity index (χ3n) is 3.25. The van der Waals surface area contributed by atoms with Gasteiger partial charge >= 0.3 is 0 Å². The van der Waals surface area contributed by atoms with E-state index >= 15 is 0 Å². The predicted molar refractivity (Wildman–Crippen MR) is 76.1 cm³/mol. The monoisotopic (exact) mass is 257 g/mol. The Morgan fingerprint density at radius 1 is 1.37 bits per heavy atom. The summed E-state index contributed by atoms with van der Waals surface area (Å²) in [4.78, 5) is 12.0. The minimum absolute atomic E-state index is 0.00579. The van der Waals surface area contributed by atoms with Gasteiger partial charge in [0.25, 0.3) is 0 Å². The number of carbonyl (C=O) groups excluding carboxylic acids is 1. The van der Waals surface area contributed by atoms with Gasteiger partial charge in [-0.1, -0.05) is 6.07 Å². The van der Waals surface area contributed by atoms with E-state index in [2.05, 4.69) is 17.3 Å². The first-order valence-electron chi connectivity index (χ1n) is 6.42. The van der Waals surface area contributed by atoms with Crippen LogP contribution < -0.4 is 5.32 Å². The molecule has 2 aromatic rings. The topological polar surface area (TPSA) is 46.9 Å². The number of aryl methyl sites for hydroxylation is 2. The van der Waals surface area contributed by atoms with Crippen LogP contribution in [0.25, 0.3) is 0 Å². The number of benzene rings is 1. The fraction of sp³-hybridized carbons (Fsp3) is 0.333. The van der Waals surface area contributed by atoms with Crippen molar-refractivity contribution in [2.75, 3.05) is 5.32 Å². The summed E-state index contributed by atoms with van der Waals surface area (Å²) in [6.45, 7) is 6.07. The van der Waals surface area contributed by atoms with E-state index in [1.54, 1.807) is 10.9 Å². The molecule has 4 heteroatoms. The van der Waals surface area contributed by atoms with Crippen molar-refractivity contribution in [1.82, 2.24) is 9.78 Å². The Morgan fingerprint density at radius 2 is 2.16 bits per heavy atom. The molecule has 0 saturated carbocycles. The lowest BCUT2D eigenvalue weighted by Gasteiger charge is -2.12. The first-order valence-corrected chi connectivity index (χ1v) is 6.42. The second-order valence-electron chi connectivity index (χ2n) is 4.89. The third kappa shape index (κ3) is 3.44. The normalized spacial score (nSPS) is 12.2. The zero-order chi connectivity index (χ0) is 13.8. The lowest BCUT2D eigenvalue weighted by atomic mass is 10.1.